The van der Waals surface area contributed by atoms with Crippen LogP contribution in [0.5, 0.6) is 0 Å². The van der Waals surface area contributed by atoms with E-state index < -0.39 is 0 Å². The van der Waals surface area contributed by atoms with Gasteiger partial charge in [-0.3, -0.25) is 4.68 Å². The predicted octanol–water partition coefficient (Wildman–Crippen LogP) is 4.51. The van der Waals surface area contributed by atoms with E-state index in [1.807, 2.05) is 11.7 Å². The van der Waals surface area contributed by atoms with Crippen LogP contribution in [0.3, 0.4) is 0 Å². The van der Waals surface area contributed by atoms with Crippen molar-refractivity contribution >= 4 is 42.8 Å². The first-order valence-corrected chi connectivity index (χ1v) is 8.13. The summed E-state index contributed by atoms with van der Waals surface area (Å²) in [5.41, 5.74) is 3.53. The van der Waals surface area contributed by atoms with Crippen LogP contribution in [-0.4, -0.2) is 14.3 Å². The smallest absolute Gasteiger partial charge is 0.0767 e. The van der Waals surface area contributed by atoms with Gasteiger partial charge in [-0.05, 0) is 45.9 Å². The Bertz CT molecular complexity index is 771. The molecule has 3 rings (SSSR count). The van der Waals surface area contributed by atoms with Crippen molar-refractivity contribution in [2.45, 2.75) is 19.9 Å². The first-order valence-electron chi connectivity index (χ1n) is 6.54. The van der Waals surface area contributed by atoms with Crippen molar-refractivity contribution in [2.24, 2.45) is 7.05 Å². The molecule has 3 nitrogen and oxygen atoms in total. The minimum absolute atomic E-state index is 0.810. The predicted molar refractivity (Wildman–Crippen MR) is 89.0 cm³/mol. The van der Waals surface area contributed by atoms with Crippen LogP contribution >= 0.6 is 31.9 Å². The van der Waals surface area contributed by atoms with E-state index >= 15 is 0 Å². The van der Waals surface area contributed by atoms with E-state index in [9.17, 15) is 0 Å². The molecule has 20 heavy (non-hydrogen) atoms. The van der Waals surface area contributed by atoms with Crippen molar-refractivity contribution in [3.05, 3.63) is 50.8 Å². The van der Waals surface area contributed by atoms with E-state index in [0.29, 0.717) is 0 Å². The van der Waals surface area contributed by atoms with Gasteiger partial charge in [0.15, 0.2) is 0 Å². The average Bonchev–Trinajstić information content (AvgIpc) is 2.94. The van der Waals surface area contributed by atoms with Crippen LogP contribution in [0.1, 0.15) is 18.3 Å². The quantitative estimate of drug-likeness (QED) is 0.638. The summed E-state index contributed by atoms with van der Waals surface area (Å²) in [5.74, 6) is 0. The Morgan fingerprint density at radius 1 is 1.20 bits per heavy atom. The number of hydrogen-bond donors (Lipinski definition) is 0. The molecule has 2 aromatic heterocycles. The second-order valence-electron chi connectivity index (χ2n) is 4.83. The van der Waals surface area contributed by atoms with Crippen molar-refractivity contribution in [3.8, 4) is 0 Å². The third-order valence-electron chi connectivity index (χ3n) is 3.56. The maximum absolute atomic E-state index is 4.55. The molecule has 2 heterocycles. The van der Waals surface area contributed by atoms with E-state index in [-0.39, 0.29) is 0 Å². The number of rotatable bonds is 3. The molecule has 0 aliphatic carbocycles. The van der Waals surface area contributed by atoms with Gasteiger partial charge in [0.2, 0.25) is 0 Å². The summed E-state index contributed by atoms with van der Waals surface area (Å²) in [7, 11) is 2.00. The molecule has 0 atom stereocenters. The average molecular weight is 397 g/mol. The first-order chi connectivity index (χ1) is 9.60. The van der Waals surface area contributed by atoms with E-state index in [1.54, 1.807) is 0 Å². The molecule has 5 heteroatoms. The van der Waals surface area contributed by atoms with Gasteiger partial charge in [0.25, 0.3) is 0 Å². The summed E-state index contributed by atoms with van der Waals surface area (Å²) in [6, 6.07) is 8.50. The Labute approximate surface area is 134 Å². The highest BCUT2D eigenvalue weighted by Gasteiger charge is 2.13. The number of halogens is 2. The van der Waals surface area contributed by atoms with Gasteiger partial charge < -0.3 is 4.57 Å². The highest BCUT2D eigenvalue weighted by Crippen LogP contribution is 2.26. The zero-order valence-electron chi connectivity index (χ0n) is 11.4. The molecule has 3 aromatic rings. The van der Waals surface area contributed by atoms with Gasteiger partial charge in [-0.2, -0.15) is 5.10 Å². The molecule has 1 aromatic carbocycles. The normalized spacial score (nSPS) is 11.4. The van der Waals surface area contributed by atoms with Crippen LogP contribution in [-0.2, 0) is 20.0 Å². The molecule has 0 aliphatic heterocycles. The lowest BCUT2D eigenvalue weighted by atomic mass is 10.2. The fourth-order valence-electron chi connectivity index (χ4n) is 2.45. The summed E-state index contributed by atoms with van der Waals surface area (Å²) in [4.78, 5) is 0. The fourth-order valence-corrected chi connectivity index (χ4v) is 3.54. The Morgan fingerprint density at radius 2 is 2.00 bits per heavy atom. The summed E-state index contributed by atoms with van der Waals surface area (Å²) < 4.78 is 6.44. The number of benzene rings is 1. The monoisotopic (exact) mass is 395 g/mol. The fraction of sp³-hybridized carbons (Fsp3) is 0.267. The topological polar surface area (TPSA) is 22.8 Å². The van der Waals surface area contributed by atoms with Gasteiger partial charge in [0, 0.05) is 23.2 Å². The zero-order chi connectivity index (χ0) is 14.3. The van der Waals surface area contributed by atoms with Crippen molar-refractivity contribution < 1.29 is 0 Å². The van der Waals surface area contributed by atoms with Gasteiger partial charge in [-0.15, -0.1) is 0 Å². The molecule has 0 N–H and O–H groups in total. The minimum Gasteiger partial charge on any atom is -0.341 e. The van der Waals surface area contributed by atoms with Gasteiger partial charge in [-0.1, -0.05) is 28.9 Å². The molecular formula is C15H15Br2N3. The number of aryl methyl sites for hydroxylation is 2. The van der Waals surface area contributed by atoms with Gasteiger partial charge in [0.1, 0.15) is 0 Å². The van der Waals surface area contributed by atoms with Crippen LogP contribution in [0.2, 0.25) is 0 Å². The van der Waals surface area contributed by atoms with Gasteiger partial charge in [-0.25, -0.2) is 0 Å². The van der Waals surface area contributed by atoms with Crippen molar-refractivity contribution in [1.82, 2.24) is 14.3 Å². The largest absolute Gasteiger partial charge is 0.341 e. The van der Waals surface area contributed by atoms with Crippen LogP contribution in [0.25, 0.3) is 10.9 Å². The molecule has 0 saturated carbocycles. The van der Waals surface area contributed by atoms with Gasteiger partial charge >= 0.3 is 0 Å². The van der Waals surface area contributed by atoms with E-state index in [1.165, 1.54) is 16.6 Å². The number of nitrogens with zero attached hydrogens (tertiary/aromatic N) is 3. The Hall–Kier alpha value is -1.07. The molecule has 0 radical (unpaired) electrons. The first kappa shape index (κ1) is 13.9. The molecule has 0 amide bonds. The Kier molecular flexibility index (Phi) is 3.73. The summed E-state index contributed by atoms with van der Waals surface area (Å²) in [6.07, 6.45) is 3.06. The highest BCUT2D eigenvalue weighted by molar-refractivity contribution is 9.10. The summed E-state index contributed by atoms with van der Waals surface area (Å²) in [5, 5.41) is 5.81. The van der Waals surface area contributed by atoms with Crippen molar-refractivity contribution in [3.63, 3.8) is 0 Å². The molecule has 0 unspecified atom stereocenters. The zero-order valence-corrected chi connectivity index (χ0v) is 14.6. The maximum atomic E-state index is 4.55. The Balaban J connectivity index is 2.05. The lowest BCUT2D eigenvalue weighted by Crippen LogP contribution is -2.05. The van der Waals surface area contributed by atoms with E-state index in [0.717, 1.165) is 27.6 Å². The second-order valence-corrected chi connectivity index (χ2v) is 6.54. The molecule has 0 bridgehead atoms. The third-order valence-corrected chi connectivity index (χ3v) is 4.97. The SMILES string of the molecule is CCc1nn(C)c(Cn2ccc3ccc(Br)cc32)c1Br. The number of aromatic nitrogens is 3. The van der Waals surface area contributed by atoms with Crippen LogP contribution in [0.15, 0.2) is 39.4 Å². The molecule has 0 saturated heterocycles. The standard InChI is InChI=1S/C15H15Br2N3/c1-3-12-15(17)14(19(2)18-12)9-20-7-6-10-4-5-11(16)8-13(10)20/h4-8H,3,9H2,1-2H3. The van der Waals surface area contributed by atoms with Crippen molar-refractivity contribution in [2.75, 3.05) is 0 Å². The van der Waals surface area contributed by atoms with Crippen molar-refractivity contribution in [1.29, 1.82) is 0 Å². The van der Waals surface area contributed by atoms with Crippen LogP contribution < -0.4 is 0 Å². The maximum Gasteiger partial charge on any atom is 0.0767 e. The Morgan fingerprint density at radius 3 is 2.70 bits per heavy atom. The molecule has 0 fully saturated rings. The summed E-state index contributed by atoms with van der Waals surface area (Å²) >= 11 is 7.22. The van der Waals surface area contributed by atoms with Crippen LogP contribution in [0, 0.1) is 0 Å². The number of hydrogen-bond acceptors (Lipinski definition) is 1. The third kappa shape index (κ3) is 2.33. The lowest BCUT2D eigenvalue weighted by molar-refractivity contribution is 0.668. The molecular weight excluding hydrogens is 382 g/mol. The molecule has 104 valence electrons. The van der Waals surface area contributed by atoms with Crippen LogP contribution in [0.4, 0.5) is 0 Å². The van der Waals surface area contributed by atoms with E-state index in [4.69, 9.17) is 0 Å². The molecule has 0 aliphatic rings. The minimum atomic E-state index is 0.810. The number of fused-ring (bicyclic) bond motifs is 1. The van der Waals surface area contributed by atoms with Gasteiger partial charge in [0.05, 0.1) is 22.4 Å². The lowest BCUT2D eigenvalue weighted by Gasteiger charge is -2.07. The van der Waals surface area contributed by atoms with E-state index in [2.05, 4.69) is 78.9 Å². The second kappa shape index (κ2) is 5.37. The summed E-state index contributed by atoms with van der Waals surface area (Å²) in [6.45, 7) is 2.93. The molecule has 0 spiro atoms. The highest BCUT2D eigenvalue weighted by atomic mass is 79.9.